The maximum atomic E-state index is 12.2. The van der Waals surface area contributed by atoms with Crippen LogP contribution in [0.4, 0.5) is 24.9 Å². The van der Waals surface area contributed by atoms with Gasteiger partial charge in [-0.15, -0.1) is 0 Å². The number of halogens is 3. The van der Waals surface area contributed by atoms with Crippen LogP contribution < -0.4 is 16.4 Å². The number of alkyl halides is 3. The van der Waals surface area contributed by atoms with E-state index >= 15 is 0 Å². The Morgan fingerprint density at radius 2 is 1.70 bits per heavy atom. The number of nitrogens with zero attached hydrogens (tertiary/aromatic N) is 3. The predicted molar refractivity (Wildman–Crippen MR) is 112 cm³/mol. The van der Waals surface area contributed by atoms with Crippen LogP contribution in [0.1, 0.15) is 36.6 Å². The molecule has 0 amide bonds. The number of unbranched alkanes of at least 4 members (excludes halogenated alkanes) is 1. The molecule has 2 heterocycles. The van der Waals surface area contributed by atoms with Crippen molar-refractivity contribution < 1.29 is 13.2 Å². The van der Waals surface area contributed by atoms with Gasteiger partial charge in [-0.3, -0.25) is 0 Å². The summed E-state index contributed by atoms with van der Waals surface area (Å²) >= 11 is 0. The quantitative estimate of drug-likeness (QED) is 0.454. The van der Waals surface area contributed by atoms with Gasteiger partial charge in [0.1, 0.15) is 5.52 Å². The zero-order chi connectivity index (χ0) is 21.6. The summed E-state index contributed by atoms with van der Waals surface area (Å²) in [6.07, 6.45) is -1.55. The number of nitrogen functional groups attached to an aromatic ring is 1. The second-order valence-corrected chi connectivity index (χ2v) is 7.09. The average molecular weight is 418 g/mol. The number of rotatable bonds is 9. The lowest BCUT2D eigenvalue weighted by Crippen LogP contribution is -2.28. The fraction of sp³-hybridized carbons (Fsp3) is 0.381. The van der Waals surface area contributed by atoms with Gasteiger partial charge in [-0.2, -0.15) is 18.2 Å². The zero-order valence-electron chi connectivity index (χ0n) is 16.8. The Morgan fingerprint density at radius 3 is 2.40 bits per heavy atom. The van der Waals surface area contributed by atoms with E-state index in [1.54, 1.807) is 0 Å². The summed E-state index contributed by atoms with van der Waals surface area (Å²) in [5.41, 5.74) is 9.80. The first-order valence-corrected chi connectivity index (χ1v) is 9.86. The summed E-state index contributed by atoms with van der Waals surface area (Å²) in [7, 11) is 0. The number of hydrogen-bond acceptors (Lipinski definition) is 6. The van der Waals surface area contributed by atoms with E-state index < -0.39 is 12.7 Å². The molecule has 0 unspecified atom stereocenters. The molecule has 1 aromatic carbocycles. The fourth-order valence-corrected chi connectivity index (χ4v) is 3.01. The Balaban J connectivity index is 1.70. The third kappa shape index (κ3) is 6.28. The number of pyridine rings is 1. The van der Waals surface area contributed by atoms with E-state index in [2.05, 4.69) is 27.5 Å². The van der Waals surface area contributed by atoms with E-state index in [1.165, 1.54) is 0 Å². The minimum Gasteiger partial charge on any atom is -0.368 e. The molecule has 160 valence electrons. The molecule has 9 heteroatoms. The predicted octanol–water partition coefficient (Wildman–Crippen LogP) is 4.06. The van der Waals surface area contributed by atoms with Crippen molar-refractivity contribution in [2.24, 2.45) is 0 Å². The van der Waals surface area contributed by atoms with Gasteiger partial charge in [-0.05, 0) is 29.7 Å². The molecule has 0 bridgehead atoms. The van der Waals surface area contributed by atoms with E-state index in [0.29, 0.717) is 23.3 Å². The second-order valence-electron chi connectivity index (χ2n) is 7.09. The van der Waals surface area contributed by atoms with E-state index in [0.717, 1.165) is 36.2 Å². The summed E-state index contributed by atoms with van der Waals surface area (Å²) in [4.78, 5) is 13.2. The van der Waals surface area contributed by atoms with Gasteiger partial charge in [-0.1, -0.05) is 37.6 Å². The molecule has 30 heavy (non-hydrogen) atoms. The first kappa shape index (κ1) is 21.8. The van der Waals surface area contributed by atoms with Gasteiger partial charge in [0, 0.05) is 25.2 Å². The van der Waals surface area contributed by atoms with Crippen molar-refractivity contribution in [2.45, 2.75) is 38.9 Å². The molecule has 2 aromatic heterocycles. The number of benzene rings is 1. The molecule has 0 aliphatic heterocycles. The molecule has 0 saturated carbocycles. The number of aromatic nitrogens is 3. The van der Waals surface area contributed by atoms with Crippen molar-refractivity contribution in [3.8, 4) is 0 Å². The van der Waals surface area contributed by atoms with E-state index in [1.807, 2.05) is 36.4 Å². The van der Waals surface area contributed by atoms with Crippen molar-refractivity contribution in [1.29, 1.82) is 0 Å². The Bertz CT molecular complexity index is 973. The lowest BCUT2D eigenvalue weighted by Gasteiger charge is -2.10. The average Bonchev–Trinajstić information content (AvgIpc) is 2.69. The van der Waals surface area contributed by atoms with Crippen LogP contribution in [0, 0.1) is 0 Å². The molecule has 3 rings (SSSR count). The molecule has 0 spiro atoms. The molecule has 0 saturated heterocycles. The Labute approximate surface area is 173 Å². The SMILES string of the molecule is CCCCNc1nc(N)nc2ccc(Cc3ccc(CNCC(F)(F)F)cc3)nc12. The normalized spacial score (nSPS) is 11.7. The van der Waals surface area contributed by atoms with Crippen LogP contribution in [-0.4, -0.2) is 34.2 Å². The lowest BCUT2D eigenvalue weighted by atomic mass is 10.1. The Hall–Kier alpha value is -2.94. The van der Waals surface area contributed by atoms with Gasteiger partial charge in [0.05, 0.1) is 12.1 Å². The van der Waals surface area contributed by atoms with Crippen LogP contribution in [0.2, 0.25) is 0 Å². The van der Waals surface area contributed by atoms with Crippen molar-refractivity contribution in [3.05, 3.63) is 53.2 Å². The highest BCUT2D eigenvalue weighted by Crippen LogP contribution is 2.21. The number of fused-ring (bicyclic) bond motifs is 1. The largest absolute Gasteiger partial charge is 0.401 e. The van der Waals surface area contributed by atoms with E-state index in [9.17, 15) is 13.2 Å². The van der Waals surface area contributed by atoms with Crippen LogP contribution in [0.15, 0.2) is 36.4 Å². The third-order valence-electron chi connectivity index (χ3n) is 4.50. The monoisotopic (exact) mass is 418 g/mol. The van der Waals surface area contributed by atoms with E-state index in [4.69, 9.17) is 10.7 Å². The summed E-state index contributed by atoms with van der Waals surface area (Å²) < 4.78 is 36.7. The molecular formula is C21H25F3N6. The van der Waals surface area contributed by atoms with Crippen LogP contribution in [0.5, 0.6) is 0 Å². The van der Waals surface area contributed by atoms with Gasteiger partial charge in [0.2, 0.25) is 5.95 Å². The number of anilines is 2. The summed E-state index contributed by atoms with van der Waals surface area (Å²) in [5.74, 6) is 0.824. The van der Waals surface area contributed by atoms with Crippen molar-refractivity contribution >= 4 is 22.8 Å². The molecule has 6 nitrogen and oxygen atoms in total. The van der Waals surface area contributed by atoms with Gasteiger partial charge < -0.3 is 16.4 Å². The number of nitrogens with one attached hydrogen (secondary N) is 2. The summed E-state index contributed by atoms with van der Waals surface area (Å²) in [5, 5.41) is 5.67. The highest BCUT2D eigenvalue weighted by atomic mass is 19.4. The minimum atomic E-state index is -4.21. The second kappa shape index (κ2) is 9.71. The van der Waals surface area contributed by atoms with Gasteiger partial charge >= 0.3 is 6.18 Å². The standard InChI is InChI=1S/C21H25F3N6/c1-2-3-10-27-19-18-17(29-20(25)30-19)9-8-16(28-18)11-14-4-6-15(7-5-14)12-26-13-21(22,23)24/h4-9,26H,2-3,10-13H2,1H3,(H3,25,27,29,30). The number of hydrogen-bond donors (Lipinski definition) is 3. The first-order chi connectivity index (χ1) is 14.3. The van der Waals surface area contributed by atoms with Crippen LogP contribution in [0.25, 0.3) is 11.0 Å². The highest BCUT2D eigenvalue weighted by molar-refractivity contribution is 5.86. The number of nitrogens with two attached hydrogens (primary N) is 1. The van der Waals surface area contributed by atoms with Gasteiger partial charge in [0.25, 0.3) is 0 Å². The minimum absolute atomic E-state index is 0.166. The molecule has 3 aromatic rings. The summed E-state index contributed by atoms with van der Waals surface area (Å²) in [6, 6.07) is 11.2. The van der Waals surface area contributed by atoms with Crippen LogP contribution >= 0.6 is 0 Å². The molecule has 0 radical (unpaired) electrons. The van der Waals surface area contributed by atoms with Crippen LogP contribution in [0.3, 0.4) is 0 Å². The van der Waals surface area contributed by atoms with Gasteiger partial charge in [-0.25, -0.2) is 9.97 Å². The zero-order valence-corrected chi connectivity index (χ0v) is 16.8. The topological polar surface area (TPSA) is 88.8 Å². The maximum absolute atomic E-state index is 12.2. The Kier molecular flexibility index (Phi) is 7.04. The Morgan fingerprint density at radius 1 is 0.967 bits per heavy atom. The van der Waals surface area contributed by atoms with Crippen molar-refractivity contribution in [3.63, 3.8) is 0 Å². The maximum Gasteiger partial charge on any atom is 0.401 e. The molecule has 0 aliphatic rings. The van der Waals surface area contributed by atoms with E-state index in [-0.39, 0.29) is 12.5 Å². The molecule has 4 N–H and O–H groups in total. The first-order valence-electron chi connectivity index (χ1n) is 9.86. The smallest absolute Gasteiger partial charge is 0.368 e. The van der Waals surface area contributed by atoms with Crippen molar-refractivity contribution in [1.82, 2.24) is 20.3 Å². The third-order valence-corrected chi connectivity index (χ3v) is 4.50. The fourth-order valence-electron chi connectivity index (χ4n) is 3.01. The van der Waals surface area contributed by atoms with Crippen LogP contribution in [-0.2, 0) is 13.0 Å². The van der Waals surface area contributed by atoms with Crippen molar-refractivity contribution in [2.75, 3.05) is 24.1 Å². The van der Waals surface area contributed by atoms with Gasteiger partial charge in [0.15, 0.2) is 5.82 Å². The highest BCUT2D eigenvalue weighted by Gasteiger charge is 2.26. The molecule has 0 aliphatic carbocycles. The molecule has 0 fully saturated rings. The molecular weight excluding hydrogens is 393 g/mol. The lowest BCUT2D eigenvalue weighted by molar-refractivity contribution is -0.125. The molecule has 0 atom stereocenters. The summed E-state index contributed by atoms with van der Waals surface area (Å²) in [6.45, 7) is 2.05.